The Labute approximate surface area is 202 Å². The minimum absolute atomic E-state index is 0.0309. The van der Waals surface area contributed by atoms with Crippen LogP contribution in [0.5, 0.6) is 0 Å². The van der Waals surface area contributed by atoms with E-state index in [1.165, 1.54) is 12.1 Å². The van der Waals surface area contributed by atoms with Crippen molar-refractivity contribution >= 4 is 5.91 Å². The maximum Gasteiger partial charge on any atom is 0.434 e. The number of nitrogens with two attached hydrogens (primary N) is 1. The van der Waals surface area contributed by atoms with Gasteiger partial charge in [0.05, 0.1) is 17.4 Å². The maximum atomic E-state index is 14.0. The minimum Gasteiger partial charge on any atom is -0.338 e. The van der Waals surface area contributed by atoms with Crippen LogP contribution in [0.1, 0.15) is 34.1 Å². The predicted molar refractivity (Wildman–Crippen MR) is 126 cm³/mol. The van der Waals surface area contributed by atoms with Gasteiger partial charge in [-0.3, -0.25) is 4.79 Å². The molecule has 35 heavy (non-hydrogen) atoms. The highest BCUT2D eigenvalue weighted by Crippen LogP contribution is 2.37. The van der Waals surface area contributed by atoms with Crippen LogP contribution < -0.4 is 5.73 Å². The average Bonchev–Trinajstić information content (AvgIpc) is 3.56. The quantitative estimate of drug-likeness (QED) is 0.576. The summed E-state index contributed by atoms with van der Waals surface area (Å²) in [6.45, 7) is 3.42. The van der Waals surface area contributed by atoms with Crippen molar-refractivity contribution in [1.82, 2.24) is 19.6 Å². The Morgan fingerprint density at radius 3 is 2.17 bits per heavy atom. The first-order chi connectivity index (χ1) is 16.8. The van der Waals surface area contributed by atoms with Crippen molar-refractivity contribution in [3.05, 3.63) is 83.7 Å². The summed E-state index contributed by atoms with van der Waals surface area (Å²) in [6.07, 6.45) is -2.83. The Hall–Kier alpha value is -3.17. The number of para-hydroxylation sites is 1. The summed E-state index contributed by atoms with van der Waals surface area (Å²) in [7, 11) is 0. The molecule has 0 radical (unpaired) electrons. The molecular weight excluding hydrogens is 455 g/mol. The highest BCUT2D eigenvalue weighted by atomic mass is 19.4. The standard InChI is InChI=1S/C26H28F3N5O/c27-26(28,29)24-22(13-31-34(24)21-9-5-2-6-10-21)25(35)33-16-19-14-32(15-20(19)17-33)12-11-23(30)18-7-3-1-4-8-18/h1-10,13,19-20,23H,11-12,14-17,30H2/t19?,20?,23-/m0/s1. The van der Waals surface area contributed by atoms with E-state index in [-0.39, 0.29) is 23.6 Å². The van der Waals surface area contributed by atoms with Gasteiger partial charge in [-0.2, -0.15) is 18.3 Å². The van der Waals surface area contributed by atoms with E-state index in [0.29, 0.717) is 13.1 Å². The van der Waals surface area contributed by atoms with Crippen molar-refractivity contribution in [3.8, 4) is 5.69 Å². The summed E-state index contributed by atoms with van der Waals surface area (Å²) >= 11 is 0. The molecule has 6 nitrogen and oxygen atoms in total. The van der Waals surface area contributed by atoms with E-state index in [9.17, 15) is 18.0 Å². The van der Waals surface area contributed by atoms with Crippen LogP contribution in [0.25, 0.3) is 5.69 Å². The first-order valence-electron chi connectivity index (χ1n) is 11.8. The number of carbonyl (C=O) groups excluding carboxylic acids is 1. The Morgan fingerprint density at radius 2 is 1.57 bits per heavy atom. The van der Waals surface area contributed by atoms with Crippen LogP contribution in [-0.2, 0) is 6.18 Å². The molecule has 3 heterocycles. The smallest absolute Gasteiger partial charge is 0.338 e. The lowest BCUT2D eigenvalue weighted by atomic mass is 10.0. The molecule has 3 aromatic rings. The maximum absolute atomic E-state index is 14.0. The number of halogens is 3. The number of fused-ring (bicyclic) bond motifs is 1. The molecule has 3 atom stereocenters. The molecule has 2 N–H and O–H groups in total. The first-order valence-corrected chi connectivity index (χ1v) is 11.8. The number of carbonyl (C=O) groups is 1. The second-order valence-corrected chi connectivity index (χ2v) is 9.45. The Balaban J connectivity index is 1.23. The Morgan fingerprint density at radius 1 is 0.971 bits per heavy atom. The molecule has 5 rings (SSSR count). The van der Waals surface area contributed by atoms with E-state index in [1.807, 2.05) is 30.3 Å². The minimum atomic E-state index is -4.71. The Kier molecular flexibility index (Phi) is 6.37. The van der Waals surface area contributed by atoms with Crippen molar-refractivity contribution in [2.24, 2.45) is 17.6 Å². The zero-order chi connectivity index (χ0) is 24.6. The van der Waals surface area contributed by atoms with Gasteiger partial charge in [0.15, 0.2) is 5.69 Å². The molecule has 2 aliphatic rings. The summed E-state index contributed by atoms with van der Waals surface area (Å²) in [5, 5.41) is 3.92. The summed E-state index contributed by atoms with van der Waals surface area (Å²) < 4.78 is 42.8. The van der Waals surface area contributed by atoms with Crippen molar-refractivity contribution < 1.29 is 18.0 Å². The second-order valence-electron chi connectivity index (χ2n) is 9.45. The number of benzene rings is 2. The highest BCUT2D eigenvalue weighted by molar-refractivity contribution is 5.95. The zero-order valence-electron chi connectivity index (χ0n) is 19.2. The third-order valence-corrected chi connectivity index (χ3v) is 7.10. The number of rotatable bonds is 6. The van der Waals surface area contributed by atoms with Crippen molar-refractivity contribution in [2.45, 2.75) is 18.6 Å². The number of likely N-dealkylation sites (tertiary alicyclic amines) is 2. The number of nitrogens with zero attached hydrogens (tertiary/aromatic N) is 4. The number of hydrogen-bond acceptors (Lipinski definition) is 4. The Bertz CT molecular complexity index is 1150. The summed E-state index contributed by atoms with van der Waals surface area (Å²) in [5.74, 6) is -0.0950. The van der Waals surface area contributed by atoms with Gasteiger partial charge in [-0.05, 0) is 42.5 Å². The monoisotopic (exact) mass is 483 g/mol. The molecule has 2 aliphatic heterocycles. The summed E-state index contributed by atoms with van der Waals surface area (Å²) in [6, 6.07) is 18.0. The van der Waals surface area contributed by atoms with Crippen LogP contribution in [0, 0.1) is 11.8 Å². The van der Waals surface area contributed by atoms with E-state index >= 15 is 0 Å². The van der Waals surface area contributed by atoms with Gasteiger partial charge in [0, 0.05) is 32.2 Å². The second kappa shape index (κ2) is 9.47. The van der Waals surface area contributed by atoms with Crippen LogP contribution in [0.3, 0.4) is 0 Å². The molecule has 0 aliphatic carbocycles. The molecule has 2 unspecified atom stereocenters. The fraction of sp³-hybridized carbons (Fsp3) is 0.385. The van der Waals surface area contributed by atoms with Gasteiger partial charge >= 0.3 is 6.18 Å². The zero-order valence-corrected chi connectivity index (χ0v) is 19.2. The van der Waals surface area contributed by atoms with Crippen LogP contribution in [0.15, 0.2) is 66.9 Å². The van der Waals surface area contributed by atoms with Gasteiger partial charge in [0.2, 0.25) is 0 Å². The number of amides is 1. The van der Waals surface area contributed by atoms with Gasteiger partial charge in [0.25, 0.3) is 5.91 Å². The lowest BCUT2D eigenvalue weighted by Crippen LogP contribution is -2.35. The van der Waals surface area contributed by atoms with E-state index in [1.54, 1.807) is 23.1 Å². The van der Waals surface area contributed by atoms with Gasteiger partial charge in [-0.15, -0.1) is 0 Å². The predicted octanol–water partition coefficient (Wildman–Crippen LogP) is 3.99. The van der Waals surface area contributed by atoms with Gasteiger partial charge in [-0.1, -0.05) is 48.5 Å². The molecule has 2 aromatic carbocycles. The molecule has 0 saturated carbocycles. The van der Waals surface area contributed by atoms with Crippen molar-refractivity contribution in [2.75, 3.05) is 32.7 Å². The fourth-order valence-electron chi connectivity index (χ4n) is 5.34. The van der Waals surface area contributed by atoms with E-state index < -0.39 is 23.3 Å². The van der Waals surface area contributed by atoms with Gasteiger partial charge in [-0.25, -0.2) is 4.68 Å². The van der Waals surface area contributed by atoms with E-state index in [2.05, 4.69) is 10.00 Å². The van der Waals surface area contributed by atoms with Crippen LogP contribution in [0.2, 0.25) is 0 Å². The van der Waals surface area contributed by atoms with Gasteiger partial charge in [0.1, 0.15) is 0 Å². The first kappa shape index (κ1) is 23.6. The largest absolute Gasteiger partial charge is 0.434 e. The topological polar surface area (TPSA) is 67.4 Å². The molecular formula is C26H28F3N5O. The third kappa shape index (κ3) is 4.83. The third-order valence-electron chi connectivity index (χ3n) is 7.10. The molecule has 2 fully saturated rings. The highest BCUT2D eigenvalue weighted by Gasteiger charge is 2.45. The van der Waals surface area contributed by atoms with Crippen molar-refractivity contribution in [3.63, 3.8) is 0 Å². The van der Waals surface area contributed by atoms with E-state index in [4.69, 9.17) is 5.73 Å². The molecule has 0 spiro atoms. The molecule has 184 valence electrons. The molecule has 2 saturated heterocycles. The SMILES string of the molecule is N[C@@H](CCN1CC2CN(C(=O)c3cnn(-c4ccccc4)c3C(F)(F)F)CC2C1)c1ccccc1. The molecule has 9 heteroatoms. The lowest BCUT2D eigenvalue weighted by molar-refractivity contribution is -0.143. The van der Waals surface area contributed by atoms with Gasteiger partial charge < -0.3 is 15.5 Å². The average molecular weight is 484 g/mol. The number of aromatic nitrogens is 2. The number of hydrogen-bond donors (Lipinski definition) is 1. The fourth-order valence-corrected chi connectivity index (χ4v) is 5.34. The molecule has 1 amide bonds. The van der Waals surface area contributed by atoms with E-state index in [0.717, 1.165) is 42.5 Å². The molecule has 0 bridgehead atoms. The van der Waals surface area contributed by atoms with Crippen molar-refractivity contribution in [1.29, 1.82) is 0 Å². The molecule has 1 aromatic heterocycles. The normalized spacial score (nSPS) is 21.3. The summed E-state index contributed by atoms with van der Waals surface area (Å²) in [4.78, 5) is 17.1. The lowest BCUT2D eigenvalue weighted by Gasteiger charge is -2.23. The van der Waals surface area contributed by atoms with Crippen LogP contribution in [0.4, 0.5) is 13.2 Å². The van der Waals surface area contributed by atoms with Crippen LogP contribution in [-0.4, -0.2) is 58.2 Å². The summed E-state index contributed by atoms with van der Waals surface area (Å²) in [5.41, 5.74) is 6.28. The number of alkyl halides is 3. The van der Waals surface area contributed by atoms with Crippen LogP contribution >= 0.6 is 0 Å².